The number of carbonyl (C=O) groups excluding carboxylic acids is 1. The number of amides is 1. The Morgan fingerprint density at radius 2 is 1.82 bits per heavy atom. The lowest BCUT2D eigenvalue weighted by Gasteiger charge is -2.13. The van der Waals surface area contributed by atoms with Crippen LogP contribution in [0.25, 0.3) is 0 Å². The quantitative estimate of drug-likeness (QED) is 0.503. The predicted molar refractivity (Wildman–Crippen MR) is 115 cm³/mol. The van der Waals surface area contributed by atoms with Gasteiger partial charge >= 0.3 is 0 Å². The van der Waals surface area contributed by atoms with E-state index in [4.69, 9.17) is 9.47 Å². The van der Waals surface area contributed by atoms with Gasteiger partial charge in [0.2, 0.25) is 0 Å². The van der Waals surface area contributed by atoms with E-state index in [1.165, 1.54) is 4.90 Å². The standard InChI is InChI=1S/C23H23NO3S/c1-3-27-22-13-12-17(14-18(22)16-28-21-10-5-4-6-11-21)23(25)24-19-8-7-9-20(15-19)26-2/h4-15H,3,16H2,1-2H3,(H,24,25). The highest BCUT2D eigenvalue weighted by atomic mass is 32.2. The summed E-state index contributed by atoms with van der Waals surface area (Å²) >= 11 is 1.71. The van der Waals surface area contributed by atoms with Crippen LogP contribution < -0.4 is 14.8 Å². The summed E-state index contributed by atoms with van der Waals surface area (Å²) in [7, 11) is 1.60. The molecule has 0 saturated heterocycles. The van der Waals surface area contributed by atoms with E-state index in [1.807, 2.05) is 55.5 Å². The molecule has 1 amide bonds. The monoisotopic (exact) mass is 393 g/mol. The predicted octanol–water partition coefficient (Wildman–Crippen LogP) is 5.64. The van der Waals surface area contributed by atoms with Crippen molar-refractivity contribution in [3.8, 4) is 11.5 Å². The molecule has 0 aliphatic carbocycles. The molecular weight excluding hydrogens is 370 g/mol. The second-order valence-corrected chi connectivity index (χ2v) is 7.09. The lowest BCUT2D eigenvalue weighted by Crippen LogP contribution is -2.12. The molecule has 0 bridgehead atoms. The van der Waals surface area contributed by atoms with Gasteiger partial charge < -0.3 is 14.8 Å². The minimum absolute atomic E-state index is 0.165. The smallest absolute Gasteiger partial charge is 0.255 e. The van der Waals surface area contributed by atoms with E-state index in [2.05, 4.69) is 17.4 Å². The molecule has 1 N–H and O–H groups in total. The van der Waals surface area contributed by atoms with Crippen molar-refractivity contribution in [1.29, 1.82) is 0 Å². The molecule has 0 aliphatic heterocycles. The van der Waals surface area contributed by atoms with Gasteiger partial charge in [-0.1, -0.05) is 24.3 Å². The van der Waals surface area contributed by atoms with Crippen molar-refractivity contribution >= 4 is 23.4 Å². The molecule has 3 aromatic rings. The number of nitrogens with one attached hydrogen (secondary N) is 1. The molecule has 0 heterocycles. The normalized spacial score (nSPS) is 10.4. The van der Waals surface area contributed by atoms with E-state index in [0.717, 1.165) is 17.1 Å². The number of thioether (sulfide) groups is 1. The van der Waals surface area contributed by atoms with Crippen LogP contribution in [0.3, 0.4) is 0 Å². The third-order valence-corrected chi connectivity index (χ3v) is 5.15. The van der Waals surface area contributed by atoms with Gasteiger partial charge in [0.25, 0.3) is 5.91 Å². The molecule has 0 spiro atoms. The average molecular weight is 394 g/mol. The highest BCUT2D eigenvalue weighted by Gasteiger charge is 2.12. The topological polar surface area (TPSA) is 47.6 Å². The number of benzene rings is 3. The zero-order chi connectivity index (χ0) is 19.8. The number of ether oxygens (including phenoxy) is 2. The summed E-state index contributed by atoms with van der Waals surface area (Å²) in [5, 5.41) is 2.92. The summed E-state index contributed by atoms with van der Waals surface area (Å²) in [5.41, 5.74) is 2.28. The summed E-state index contributed by atoms with van der Waals surface area (Å²) in [6.07, 6.45) is 0. The molecule has 3 rings (SSSR count). The Labute approximate surface area is 169 Å². The molecule has 0 unspecified atom stereocenters. The van der Waals surface area contributed by atoms with Crippen molar-refractivity contribution in [3.05, 3.63) is 83.9 Å². The van der Waals surface area contributed by atoms with Gasteiger partial charge in [0.1, 0.15) is 11.5 Å². The molecule has 0 aromatic heterocycles. The zero-order valence-electron chi connectivity index (χ0n) is 16.0. The number of hydrogen-bond acceptors (Lipinski definition) is 4. The van der Waals surface area contributed by atoms with Crippen molar-refractivity contribution in [1.82, 2.24) is 0 Å². The van der Waals surface area contributed by atoms with Crippen LogP contribution in [0.5, 0.6) is 11.5 Å². The SMILES string of the molecule is CCOc1ccc(C(=O)Nc2cccc(OC)c2)cc1CSc1ccccc1. The van der Waals surface area contributed by atoms with Gasteiger partial charge in [-0.15, -0.1) is 11.8 Å². The van der Waals surface area contributed by atoms with Crippen molar-refractivity contribution < 1.29 is 14.3 Å². The summed E-state index contributed by atoms with van der Waals surface area (Å²) in [6.45, 7) is 2.54. The number of rotatable bonds is 8. The number of hydrogen-bond donors (Lipinski definition) is 1. The van der Waals surface area contributed by atoms with E-state index in [9.17, 15) is 4.79 Å². The largest absolute Gasteiger partial charge is 0.497 e. The summed E-state index contributed by atoms with van der Waals surface area (Å²) < 4.78 is 11.0. The molecule has 0 saturated carbocycles. The molecule has 0 fully saturated rings. The van der Waals surface area contributed by atoms with Crippen LogP contribution in [0.1, 0.15) is 22.8 Å². The zero-order valence-corrected chi connectivity index (χ0v) is 16.8. The summed E-state index contributed by atoms with van der Waals surface area (Å²) in [6, 6.07) is 23.0. The van der Waals surface area contributed by atoms with Gasteiger partial charge in [-0.3, -0.25) is 4.79 Å². The van der Waals surface area contributed by atoms with Gasteiger partial charge in [0.05, 0.1) is 13.7 Å². The molecule has 0 atom stereocenters. The first-order valence-electron chi connectivity index (χ1n) is 9.08. The summed E-state index contributed by atoms with van der Waals surface area (Å²) in [4.78, 5) is 13.9. The van der Waals surface area contributed by atoms with Crippen molar-refractivity contribution in [2.45, 2.75) is 17.6 Å². The van der Waals surface area contributed by atoms with Crippen LogP contribution in [0, 0.1) is 0 Å². The van der Waals surface area contributed by atoms with Crippen LogP contribution in [0.4, 0.5) is 5.69 Å². The first-order chi connectivity index (χ1) is 13.7. The Morgan fingerprint density at radius 1 is 1.00 bits per heavy atom. The molecule has 28 heavy (non-hydrogen) atoms. The highest BCUT2D eigenvalue weighted by molar-refractivity contribution is 7.98. The maximum absolute atomic E-state index is 12.7. The second-order valence-electron chi connectivity index (χ2n) is 6.04. The maximum Gasteiger partial charge on any atom is 0.255 e. The molecule has 144 valence electrons. The Kier molecular flexibility index (Phi) is 6.98. The Balaban J connectivity index is 1.77. The van der Waals surface area contributed by atoms with Crippen molar-refractivity contribution in [2.24, 2.45) is 0 Å². The number of methoxy groups -OCH3 is 1. The lowest BCUT2D eigenvalue weighted by atomic mass is 10.1. The fraction of sp³-hybridized carbons (Fsp3) is 0.174. The van der Waals surface area contributed by atoms with Crippen molar-refractivity contribution in [3.63, 3.8) is 0 Å². The molecule has 4 nitrogen and oxygen atoms in total. The van der Waals surface area contributed by atoms with Crippen LogP contribution >= 0.6 is 11.8 Å². The third-order valence-electron chi connectivity index (χ3n) is 4.09. The third kappa shape index (κ3) is 5.30. The summed E-state index contributed by atoms with van der Waals surface area (Å²) in [5.74, 6) is 2.06. The van der Waals surface area contributed by atoms with Gasteiger partial charge in [0, 0.05) is 33.5 Å². The minimum atomic E-state index is -0.165. The highest BCUT2D eigenvalue weighted by Crippen LogP contribution is 2.29. The van der Waals surface area contributed by atoms with E-state index in [1.54, 1.807) is 31.0 Å². The second kappa shape index (κ2) is 9.85. The maximum atomic E-state index is 12.7. The van der Waals surface area contributed by atoms with Crippen molar-refractivity contribution in [2.75, 3.05) is 19.0 Å². The average Bonchev–Trinajstić information content (AvgIpc) is 2.74. The van der Waals surface area contributed by atoms with Gasteiger partial charge in [-0.25, -0.2) is 0 Å². The van der Waals surface area contributed by atoms with Crippen LogP contribution in [-0.4, -0.2) is 19.6 Å². The van der Waals surface area contributed by atoms with Crippen LogP contribution in [-0.2, 0) is 5.75 Å². The number of anilines is 1. The first-order valence-corrected chi connectivity index (χ1v) is 10.1. The lowest BCUT2D eigenvalue weighted by molar-refractivity contribution is 0.102. The Morgan fingerprint density at radius 3 is 2.57 bits per heavy atom. The number of carbonyl (C=O) groups is 1. The minimum Gasteiger partial charge on any atom is -0.497 e. The molecule has 0 aliphatic rings. The first kappa shape index (κ1) is 19.8. The van der Waals surface area contributed by atoms with Gasteiger partial charge in [-0.2, -0.15) is 0 Å². The van der Waals surface area contributed by atoms with Crippen LogP contribution in [0.2, 0.25) is 0 Å². The Hall–Kier alpha value is -2.92. The van der Waals surface area contributed by atoms with E-state index in [-0.39, 0.29) is 5.91 Å². The fourth-order valence-electron chi connectivity index (χ4n) is 2.71. The van der Waals surface area contributed by atoms with E-state index in [0.29, 0.717) is 23.6 Å². The molecule has 5 heteroatoms. The Bertz CT molecular complexity index is 928. The van der Waals surface area contributed by atoms with E-state index < -0.39 is 0 Å². The van der Waals surface area contributed by atoms with Gasteiger partial charge in [0.15, 0.2) is 0 Å². The van der Waals surface area contributed by atoms with E-state index >= 15 is 0 Å². The molecule has 3 aromatic carbocycles. The molecular formula is C23H23NO3S. The van der Waals surface area contributed by atoms with Crippen LogP contribution in [0.15, 0.2) is 77.7 Å². The van der Waals surface area contributed by atoms with Gasteiger partial charge in [-0.05, 0) is 49.4 Å². The molecule has 0 radical (unpaired) electrons. The fourth-order valence-corrected chi connectivity index (χ4v) is 3.61.